The van der Waals surface area contributed by atoms with Crippen molar-refractivity contribution in [3.63, 3.8) is 0 Å². The van der Waals surface area contributed by atoms with Gasteiger partial charge in [-0.1, -0.05) is 29.3 Å². The first-order valence-electron chi connectivity index (χ1n) is 8.84. The second kappa shape index (κ2) is 9.37. The minimum absolute atomic E-state index is 0.0282. The summed E-state index contributed by atoms with van der Waals surface area (Å²) in [5.74, 6) is 1.62. The van der Waals surface area contributed by atoms with Crippen molar-refractivity contribution in [2.45, 2.75) is 25.6 Å². The van der Waals surface area contributed by atoms with E-state index in [1.54, 1.807) is 26.4 Å². The third-order valence-corrected chi connectivity index (χ3v) is 5.23. The van der Waals surface area contributed by atoms with E-state index < -0.39 is 0 Å². The first-order valence-corrected chi connectivity index (χ1v) is 9.60. The summed E-state index contributed by atoms with van der Waals surface area (Å²) >= 11 is 12.0. The van der Waals surface area contributed by atoms with Crippen molar-refractivity contribution in [2.75, 3.05) is 20.8 Å². The lowest BCUT2D eigenvalue weighted by atomic mass is 10.1. The fraction of sp³-hybridized carbons (Fsp3) is 0.350. The molecule has 3 rings (SSSR count). The zero-order valence-corrected chi connectivity index (χ0v) is 17.2. The molecule has 1 amide bonds. The predicted molar refractivity (Wildman–Crippen MR) is 109 cm³/mol. The van der Waals surface area contributed by atoms with E-state index in [0.29, 0.717) is 40.4 Å². The van der Waals surface area contributed by atoms with Gasteiger partial charge >= 0.3 is 0 Å². The number of amides is 1. The Morgan fingerprint density at radius 1 is 1.07 bits per heavy atom. The topological polar surface area (TPSA) is 68.8 Å². The molecule has 150 valence electrons. The minimum atomic E-state index is -0.178. The number of nitrogens with one attached hydrogen (secondary N) is 2. The molecule has 2 aromatic rings. The van der Waals surface area contributed by atoms with Crippen LogP contribution in [0.1, 0.15) is 17.5 Å². The van der Waals surface area contributed by atoms with Crippen LogP contribution in [0.2, 0.25) is 10.0 Å². The zero-order valence-electron chi connectivity index (χ0n) is 15.7. The number of hydrogen-bond donors (Lipinski definition) is 2. The largest absolute Gasteiger partial charge is 0.493 e. The van der Waals surface area contributed by atoms with Crippen LogP contribution in [-0.4, -0.2) is 32.7 Å². The first-order chi connectivity index (χ1) is 13.5. The molecule has 1 fully saturated rings. The number of benzene rings is 2. The number of methoxy groups -OCH3 is 2. The molecule has 0 bridgehead atoms. The molecule has 1 unspecified atom stereocenters. The summed E-state index contributed by atoms with van der Waals surface area (Å²) in [5.41, 5.74) is 1.80. The fourth-order valence-corrected chi connectivity index (χ4v) is 3.31. The molecule has 6 nitrogen and oxygen atoms in total. The Morgan fingerprint density at radius 3 is 2.36 bits per heavy atom. The van der Waals surface area contributed by atoms with Crippen molar-refractivity contribution in [3.8, 4) is 17.2 Å². The Labute approximate surface area is 174 Å². The van der Waals surface area contributed by atoms with Gasteiger partial charge in [-0.25, -0.2) is 0 Å². The molecule has 1 saturated heterocycles. The standard InChI is InChI=1S/C20H22Cl2N2O4/c1-26-17-8-13(10-24-16-5-6-23-20(16)25)9-18(27-2)19(17)28-11-12-3-4-14(21)15(22)7-12/h3-4,7-9,16,24H,5-6,10-11H2,1-2H3,(H,23,25). The highest BCUT2D eigenvalue weighted by Crippen LogP contribution is 2.39. The molecular formula is C20H22Cl2N2O4. The number of ether oxygens (including phenoxy) is 3. The average molecular weight is 425 g/mol. The SMILES string of the molecule is COc1cc(CNC2CCNC2=O)cc(OC)c1OCc1ccc(Cl)c(Cl)c1. The molecule has 28 heavy (non-hydrogen) atoms. The van der Waals surface area contributed by atoms with Gasteiger partial charge in [0.2, 0.25) is 11.7 Å². The Balaban J connectivity index is 1.74. The van der Waals surface area contributed by atoms with E-state index in [2.05, 4.69) is 10.6 Å². The molecule has 0 aromatic heterocycles. The molecule has 1 heterocycles. The quantitative estimate of drug-likeness (QED) is 0.677. The molecule has 1 aliphatic rings. The van der Waals surface area contributed by atoms with Crippen molar-refractivity contribution in [1.29, 1.82) is 0 Å². The molecule has 1 atom stereocenters. The van der Waals surface area contributed by atoms with E-state index in [0.717, 1.165) is 17.5 Å². The normalized spacial score (nSPS) is 16.0. The van der Waals surface area contributed by atoms with Crippen LogP contribution in [0.4, 0.5) is 0 Å². The van der Waals surface area contributed by atoms with Crippen molar-refractivity contribution in [2.24, 2.45) is 0 Å². The van der Waals surface area contributed by atoms with Gasteiger partial charge in [-0.05, 0) is 41.8 Å². The maximum Gasteiger partial charge on any atom is 0.237 e. The van der Waals surface area contributed by atoms with E-state index in [1.807, 2.05) is 18.2 Å². The lowest BCUT2D eigenvalue weighted by molar-refractivity contribution is -0.120. The van der Waals surface area contributed by atoms with Crippen LogP contribution in [0.25, 0.3) is 0 Å². The number of carbonyl (C=O) groups excluding carboxylic acids is 1. The number of rotatable bonds is 8. The Morgan fingerprint density at radius 2 is 1.79 bits per heavy atom. The average Bonchev–Trinajstić information content (AvgIpc) is 3.11. The Hall–Kier alpha value is -2.15. The maximum absolute atomic E-state index is 11.7. The van der Waals surface area contributed by atoms with Gasteiger partial charge in [-0.3, -0.25) is 4.79 Å². The third-order valence-electron chi connectivity index (χ3n) is 4.49. The van der Waals surface area contributed by atoms with Crippen LogP contribution in [0, 0.1) is 0 Å². The monoisotopic (exact) mass is 424 g/mol. The van der Waals surface area contributed by atoms with Gasteiger partial charge in [0.1, 0.15) is 6.61 Å². The Kier molecular flexibility index (Phi) is 6.88. The summed E-state index contributed by atoms with van der Waals surface area (Å²) in [7, 11) is 3.14. The highest BCUT2D eigenvalue weighted by atomic mass is 35.5. The lowest BCUT2D eigenvalue weighted by Crippen LogP contribution is -2.35. The summed E-state index contributed by atoms with van der Waals surface area (Å²) in [6.45, 7) is 1.49. The first kappa shape index (κ1) is 20.6. The molecule has 8 heteroatoms. The molecule has 0 spiro atoms. The van der Waals surface area contributed by atoms with Crippen molar-refractivity contribution < 1.29 is 19.0 Å². The smallest absolute Gasteiger partial charge is 0.237 e. The number of hydrogen-bond acceptors (Lipinski definition) is 5. The summed E-state index contributed by atoms with van der Waals surface area (Å²) in [5, 5.41) is 7.02. The fourth-order valence-electron chi connectivity index (χ4n) is 2.99. The third kappa shape index (κ3) is 4.82. The minimum Gasteiger partial charge on any atom is -0.493 e. The summed E-state index contributed by atoms with van der Waals surface area (Å²) in [4.78, 5) is 11.7. The summed E-state index contributed by atoms with van der Waals surface area (Å²) < 4.78 is 16.9. The van der Waals surface area contributed by atoms with Crippen molar-refractivity contribution in [3.05, 3.63) is 51.5 Å². The highest BCUT2D eigenvalue weighted by Gasteiger charge is 2.23. The van der Waals surface area contributed by atoms with Crippen LogP contribution in [-0.2, 0) is 17.9 Å². The van der Waals surface area contributed by atoms with E-state index >= 15 is 0 Å². The van der Waals surface area contributed by atoms with Gasteiger partial charge in [0.25, 0.3) is 0 Å². The number of carbonyl (C=O) groups is 1. The van der Waals surface area contributed by atoms with E-state index in [9.17, 15) is 4.79 Å². The van der Waals surface area contributed by atoms with Gasteiger partial charge in [0.05, 0.1) is 30.3 Å². The number of halogens is 2. The van der Waals surface area contributed by atoms with Gasteiger partial charge in [-0.15, -0.1) is 0 Å². The Bertz CT molecular complexity index is 835. The second-order valence-corrected chi connectivity index (χ2v) is 7.19. The van der Waals surface area contributed by atoms with E-state index in [1.165, 1.54) is 0 Å². The molecule has 0 radical (unpaired) electrons. The van der Waals surface area contributed by atoms with Crippen LogP contribution in [0.5, 0.6) is 17.2 Å². The molecule has 2 aromatic carbocycles. The molecule has 1 aliphatic heterocycles. The van der Waals surface area contributed by atoms with Crippen LogP contribution in [0.15, 0.2) is 30.3 Å². The maximum atomic E-state index is 11.7. The van der Waals surface area contributed by atoms with Crippen molar-refractivity contribution in [1.82, 2.24) is 10.6 Å². The molecule has 2 N–H and O–H groups in total. The second-order valence-electron chi connectivity index (χ2n) is 6.38. The molecular weight excluding hydrogens is 403 g/mol. The summed E-state index contributed by atoms with van der Waals surface area (Å²) in [6, 6.07) is 8.89. The van der Waals surface area contributed by atoms with Crippen LogP contribution in [0.3, 0.4) is 0 Å². The zero-order chi connectivity index (χ0) is 20.1. The van der Waals surface area contributed by atoms with Gasteiger partial charge in [0, 0.05) is 13.1 Å². The van der Waals surface area contributed by atoms with Gasteiger partial charge in [-0.2, -0.15) is 0 Å². The van der Waals surface area contributed by atoms with Gasteiger partial charge in [0.15, 0.2) is 11.5 Å². The predicted octanol–water partition coefficient (Wildman–Crippen LogP) is 3.57. The van der Waals surface area contributed by atoms with Gasteiger partial charge < -0.3 is 24.8 Å². The van der Waals surface area contributed by atoms with Crippen molar-refractivity contribution >= 4 is 29.1 Å². The molecule has 0 saturated carbocycles. The van der Waals surface area contributed by atoms with E-state index in [4.69, 9.17) is 37.4 Å². The highest BCUT2D eigenvalue weighted by molar-refractivity contribution is 6.42. The van der Waals surface area contributed by atoms with Crippen LogP contribution >= 0.6 is 23.2 Å². The lowest BCUT2D eigenvalue weighted by Gasteiger charge is -2.17. The summed E-state index contributed by atoms with van der Waals surface area (Å²) in [6.07, 6.45) is 0.776. The molecule has 0 aliphatic carbocycles. The van der Waals surface area contributed by atoms with Crippen LogP contribution < -0.4 is 24.8 Å². The van der Waals surface area contributed by atoms with E-state index in [-0.39, 0.29) is 18.6 Å².